The van der Waals surface area contributed by atoms with Gasteiger partial charge in [-0.15, -0.1) is 0 Å². The molecule has 0 fully saturated rings. The van der Waals surface area contributed by atoms with Gasteiger partial charge in [0.15, 0.2) is 0 Å². The molecule has 0 aliphatic heterocycles. The highest BCUT2D eigenvalue weighted by Crippen LogP contribution is 2.22. The number of ketones is 1. The number of benzene rings is 2. The molecule has 2 aromatic rings. The topological polar surface area (TPSA) is 60.2 Å². The molecule has 4 nitrogen and oxygen atoms in total. The lowest BCUT2D eigenvalue weighted by Gasteiger charge is -2.03. The number of allylic oxidation sites excluding steroid dienone is 1. The van der Waals surface area contributed by atoms with E-state index in [0.717, 1.165) is 16.3 Å². The van der Waals surface area contributed by atoms with Crippen LogP contribution in [0.2, 0.25) is 0 Å². The Morgan fingerprint density at radius 1 is 1.15 bits per heavy atom. The van der Waals surface area contributed by atoms with Crippen LogP contribution in [0.4, 0.5) is 0 Å². The van der Waals surface area contributed by atoms with E-state index in [1.54, 1.807) is 6.08 Å². The van der Waals surface area contributed by atoms with Gasteiger partial charge in [0.25, 0.3) is 0 Å². The van der Waals surface area contributed by atoms with Crippen LogP contribution in [0.5, 0.6) is 0 Å². The van der Waals surface area contributed by atoms with Gasteiger partial charge in [0.05, 0.1) is 4.92 Å². The second kappa shape index (κ2) is 6.10. The highest BCUT2D eigenvalue weighted by Gasteiger charge is 2.12. The summed E-state index contributed by atoms with van der Waals surface area (Å²) in [7, 11) is 0. The van der Waals surface area contributed by atoms with Crippen LogP contribution in [0.25, 0.3) is 16.8 Å². The lowest BCUT2D eigenvalue weighted by Crippen LogP contribution is -2.01. The smallest absolute Gasteiger partial charge is 0.247 e. The molecule has 0 spiro atoms. The Morgan fingerprint density at radius 2 is 1.85 bits per heavy atom. The molecule has 0 heterocycles. The molecule has 0 N–H and O–H groups in total. The van der Waals surface area contributed by atoms with Crippen LogP contribution in [0.1, 0.15) is 25.3 Å². The summed E-state index contributed by atoms with van der Waals surface area (Å²) < 4.78 is 0. The van der Waals surface area contributed by atoms with E-state index in [1.165, 1.54) is 6.92 Å². The fourth-order valence-electron chi connectivity index (χ4n) is 2.08. The molecule has 4 heteroatoms. The van der Waals surface area contributed by atoms with Crippen molar-refractivity contribution in [2.75, 3.05) is 0 Å². The largest absolute Gasteiger partial charge is 0.300 e. The normalized spacial score (nSPS) is 11.6. The van der Waals surface area contributed by atoms with E-state index in [-0.39, 0.29) is 24.3 Å². The zero-order chi connectivity index (χ0) is 14.5. The Kier molecular flexibility index (Phi) is 4.25. The van der Waals surface area contributed by atoms with Gasteiger partial charge in [0.2, 0.25) is 5.70 Å². The predicted molar refractivity (Wildman–Crippen MR) is 78.8 cm³/mol. The van der Waals surface area contributed by atoms with Crippen molar-refractivity contribution in [3.05, 3.63) is 63.8 Å². The molecule has 0 amide bonds. The van der Waals surface area contributed by atoms with Crippen LogP contribution in [-0.4, -0.2) is 10.7 Å². The summed E-state index contributed by atoms with van der Waals surface area (Å²) in [6.07, 6.45) is 1.91. The van der Waals surface area contributed by atoms with Crippen molar-refractivity contribution in [2.24, 2.45) is 0 Å². The Balaban J connectivity index is 2.43. The molecule has 0 saturated heterocycles. The number of carbonyl (C=O) groups is 1. The van der Waals surface area contributed by atoms with E-state index in [0.29, 0.717) is 0 Å². The fourth-order valence-corrected chi connectivity index (χ4v) is 2.08. The van der Waals surface area contributed by atoms with Crippen LogP contribution in [-0.2, 0) is 4.79 Å². The summed E-state index contributed by atoms with van der Waals surface area (Å²) in [5, 5.41) is 13.1. The molecular weight excluding hydrogens is 254 g/mol. The van der Waals surface area contributed by atoms with Gasteiger partial charge < -0.3 is 4.79 Å². The summed E-state index contributed by atoms with van der Waals surface area (Å²) >= 11 is 0. The number of Topliss-reactive ketones (excluding diaryl/α,β-unsaturated/α-hetero) is 1. The minimum absolute atomic E-state index is 0.0457. The van der Waals surface area contributed by atoms with E-state index in [1.807, 2.05) is 42.5 Å². The molecule has 2 rings (SSSR count). The third kappa shape index (κ3) is 3.29. The van der Waals surface area contributed by atoms with Crippen LogP contribution < -0.4 is 0 Å². The van der Waals surface area contributed by atoms with Crippen molar-refractivity contribution in [1.82, 2.24) is 0 Å². The lowest BCUT2D eigenvalue weighted by molar-refractivity contribution is -0.426. The summed E-state index contributed by atoms with van der Waals surface area (Å²) in [4.78, 5) is 21.7. The Bertz CT molecular complexity index is 684. The number of nitro groups is 1. The van der Waals surface area contributed by atoms with E-state index in [4.69, 9.17) is 0 Å². The van der Waals surface area contributed by atoms with Crippen molar-refractivity contribution >= 4 is 22.6 Å². The van der Waals surface area contributed by atoms with Gasteiger partial charge in [0.1, 0.15) is 5.78 Å². The third-order valence-electron chi connectivity index (χ3n) is 3.11. The Morgan fingerprint density at radius 3 is 2.55 bits per heavy atom. The first-order valence-corrected chi connectivity index (χ1v) is 6.40. The quantitative estimate of drug-likeness (QED) is 0.612. The monoisotopic (exact) mass is 269 g/mol. The Hall–Kier alpha value is -2.49. The number of fused-ring (bicyclic) bond motifs is 1. The van der Waals surface area contributed by atoms with Crippen molar-refractivity contribution < 1.29 is 9.72 Å². The molecule has 0 bridgehead atoms. The van der Waals surface area contributed by atoms with Crippen molar-refractivity contribution in [1.29, 1.82) is 0 Å². The van der Waals surface area contributed by atoms with E-state index in [9.17, 15) is 14.9 Å². The van der Waals surface area contributed by atoms with Crippen molar-refractivity contribution in [2.45, 2.75) is 19.8 Å². The minimum atomic E-state index is -0.412. The maximum atomic E-state index is 11.1. The third-order valence-corrected chi connectivity index (χ3v) is 3.11. The summed E-state index contributed by atoms with van der Waals surface area (Å²) in [6, 6.07) is 13.4. The SMILES string of the molecule is CC(=O)CC/C(=C\c1cccc2ccccc12)[N+](=O)[O-]. The minimum Gasteiger partial charge on any atom is -0.300 e. The predicted octanol–water partition coefficient (Wildman–Crippen LogP) is 3.83. The molecule has 0 radical (unpaired) electrons. The average molecular weight is 269 g/mol. The first-order valence-electron chi connectivity index (χ1n) is 6.40. The molecule has 0 atom stereocenters. The molecule has 0 aromatic heterocycles. The van der Waals surface area contributed by atoms with Gasteiger partial charge in [0, 0.05) is 18.9 Å². The van der Waals surface area contributed by atoms with Crippen molar-refractivity contribution in [3.63, 3.8) is 0 Å². The van der Waals surface area contributed by atoms with Gasteiger partial charge in [-0.25, -0.2) is 0 Å². The van der Waals surface area contributed by atoms with E-state index >= 15 is 0 Å². The number of rotatable bonds is 5. The number of nitrogens with zero attached hydrogens (tertiary/aromatic N) is 1. The van der Waals surface area contributed by atoms with E-state index in [2.05, 4.69) is 0 Å². The van der Waals surface area contributed by atoms with Gasteiger partial charge >= 0.3 is 0 Å². The molecular formula is C16H15NO3. The van der Waals surface area contributed by atoms with Crippen LogP contribution in [0, 0.1) is 10.1 Å². The molecule has 0 unspecified atom stereocenters. The molecule has 0 aliphatic rings. The zero-order valence-electron chi connectivity index (χ0n) is 11.2. The standard InChI is InChI=1S/C16H15NO3/c1-12(18)9-10-15(17(19)20)11-14-7-4-6-13-5-2-3-8-16(13)14/h2-8,11H,9-10H2,1H3/b15-11+. The molecule has 2 aromatic carbocycles. The maximum Gasteiger partial charge on any atom is 0.247 e. The number of hydrogen-bond donors (Lipinski definition) is 0. The highest BCUT2D eigenvalue weighted by atomic mass is 16.6. The second-order valence-electron chi connectivity index (χ2n) is 4.66. The van der Waals surface area contributed by atoms with Gasteiger partial charge in [-0.05, 0) is 23.3 Å². The van der Waals surface area contributed by atoms with Crippen LogP contribution in [0.15, 0.2) is 48.2 Å². The average Bonchev–Trinajstić information content (AvgIpc) is 2.43. The van der Waals surface area contributed by atoms with Gasteiger partial charge in [-0.2, -0.15) is 0 Å². The van der Waals surface area contributed by atoms with Crippen LogP contribution in [0.3, 0.4) is 0 Å². The number of hydrogen-bond acceptors (Lipinski definition) is 3. The Labute approximate surface area is 116 Å². The molecule has 102 valence electrons. The maximum absolute atomic E-state index is 11.1. The second-order valence-corrected chi connectivity index (χ2v) is 4.66. The zero-order valence-corrected chi connectivity index (χ0v) is 11.2. The molecule has 20 heavy (non-hydrogen) atoms. The van der Waals surface area contributed by atoms with Gasteiger partial charge in [-0.1, -0.05) is 42.5 Å². The summed E-state index contributed by atoms with van der Waals surface area (Å²) in [5.74, 6) is -0.0457. The van der Waals surface area contributed by atoms with Gasteiger partial charge in [-0.3, -0.25) is 10.1 Å². The highest BCUT2D eigenvalue weighted by molar-refractivity contribution is 5.90. The van der Waals surface area contributed by atoms with Crippen LogP contribution >= 0.6 is 0 Å². The summed E-state index contributed by atoms with van der Waals surface area (Å²) in [6.45, 7) is 1.44. The fraction of sp³-hybridized carbons (Fsp3) is 0.188. The molecule has 0 aliphatic carbocycles. The first-order chi connectivity index (χ1) is 9.58. The lowest BCUT2D eigenvalue weighted by atomic mass is 10.0. The van der Waals surface area contributed by atoms with E-state index < -0.39 is 4.92 Å². The summed E-state index contributed by atoms with van der Waals surface area (Å²) in [5.41, 5.74) is 0.870. The number of carbonyl (C=O) groups excluding carboxylic acids is 1. The first kappa shape index (κ1) is 13.9. The molecule has 0 saturated carbocycles. The van der Waals surface area contributed by atoms with Crippen molar-refractivity contribution in [3.8, 4) is 0 Å².